The van der Waals surface area contributed by atoms with Gasteiger partial charge in [-0.2, -0.15) is 0 Å². The fraction of sp³-hybridized carbons (Fsp3) is 0.600. The first-order valence-corrected chi connectivity index (χ1v) is 13.0. The summed E-state index contributed by atoms with van der Waals surface area (Å²) in [5.41, 5.74) is 7.95. The summed E-state index contributed by atoms with van der Waals surface area (Å²) < 4.78 is 0. The van der Waals surface area contributed by atoms with Crippen LogP contribution in [-0.2, 0) is 19.3 Å². The third kappa shape index (κ3) is 5.37. The molecule has 0 bridgehead atoms. The van der Waals surface area contributed by atoms with E-state index < -0.39 is 0 Å². The molecule has 1 saturated carbocycles. The van der Waals surface area contributed by atoms with E-state index in [0.29, 0.717) is 5.92 Å². The highest BCUT2D eigenvalue weighted by molar-refractivity contribution is 5.38. The largest absolute Gasteiger partial charge is 0.0654 e. The maximum atomic E-state index is 2.51. The van der Waals surface area contributed by atoms with E-state index in [1.807, 2.05) is 0 Å². The van der Waals surface area contributed by atoms with Gasteiger partial charge in [-0.3, -0.25) is 0 Å². The van der Waals surface area contributed by atoms with Crippen molar-refractivity contribution in [2.45, 2.75) is 109 Å². The highest BCUT2D eigenvalue weighted by Gasteiger charge is 2.23. The molecule has 4 rings (SSSR count). The van der Waals surface area contributed by atoms with Crippen molar-refractivity contribution < 1.29 is 0 Å². The van der Waals surface area contributed by atoms with Crippen molar-refractivity contribution in [3.05, 3.63) is 70.3 Å². The first kappa shape index (κ1) is 21.7. The number of rotatable bonds is 8. The molecular weight excluding hydrogens is 360 g/mol. The summed E-state index contributed by atoms with van der Waals surface area (Å²) in [4.78, 5) is 0. The Kier molecular flexibility index (Phi) is 7.69. The topological polar surface area (TPSA) is 0 Å². The van der Waals surface area contributed by atoms with E-state index in [4.69, 9.17) is 0 Å². The van der Waals surface area contributed by atoms with Crippen LogP contribution < -0.4 is 0 Å². The van der Waals surface area contributed by atoms with Crippen LogP contribution in [0.5, 0.6) is 0 Å². The number of hydrogen-bond acceptors (Lipinski definition) is 0. The van der Waals surface area contributed by atoms with Gasteiger partial charge in [-0.25, -0.2) is 0 Å². The molecule has 162 valence electrons. The lowest BCUT2D eigenvalue weighted by atomic mass is 9.76. The second-order valence-corrected chi connectivity index (χ2v) is 10.2. The molecule has 2 aliphatic rings. The van der Waals surface area contributed by atoms with Gasteiger partial charge in [-0.05, 0) is 103 Å². The van der Waals surface area contributed by atoms with E-state index in [1.54, 1.807) is 27.8 Å². The van der Waals surface area contributed by atoms with Gasteiger partial charge in [0.05, 0.1) is 0 Å². The van der Waals surface area contributed by atoms with E-state index in [9.17, 15) is 0 Å². The molecule has 2 aliphatic carbocycles. The summed E-state index contributed by atoms with van der Waals surface area (Å²) in [6, 6.07) is 17.2. The lowest BCUT2D eigenvalue weighted by Crippen LogP contribution is -2.14. The molecule has 0 nitrogen and oxygen atoms in total. The van der Waals surface area contributed by atoms with Gasteiger partial charge in [0, 0.05) is 0 Å². The minimum absolute atomic E-state index is 0.706. The number of aryl methyl sites for hydroxylation is 2. The SMILES string of the molecule is CCCCCc1ccc2c(c1)CCC(c1ccc(C3CCC(CCC)CC3)cc1)C2. The summed E-state index contributed by atoms with van der Waals surface area (Å²) in [6.07, 6.45) is 17.5. The Morgan fingerprint density at radius 2 is 1.43 bits per heavy atom. The van der Waals surface area contributed by atoms with Crippen LogP contribution in [0.4, 0.5) is 0 Å². The van der Waals surface area contributed by atoms with Gasteiger partial charge in [-0.1, -0.05) is 82.0 Å². The van der Waals surface area contributed by atoms with Gasteiger partial charge in [0.15, 0.2) is 0 Å². The van der Waals surface area contributed by atoms with Crippen LogP contribution >= 0.6 is 0 Å². The predicted octanol–water partition coefficient (Wildman–Crippen LogP) is 8.77. The minimum atomic E-state index is 0.706. The maximum Gasteiger partial charge on any atom is -0.0118 e. The molecule has 0 spiro atoms. The third-order valence-corrected chi connectivity index (χ3v) is 7.99. The van der Waals surface area contributed by atoms with Crippen LogP contribution in [0.1, 0.15) is 118 Å². The van der Waals surface area contributed by atoms with Gasteiger partial charge < -0.3 is 0 Å². The number of fused-ring (bicyclic) bond motifs is 1. The Labute approximate surface area is 185 Å². The van der Waals surface area contributed by atoms with Gasteiger partial charge in [-0.15, -0.1) is 0 Å². The van der Waals surface area contributed by atoms with Gasteiger partial charge >= 0.3 is 0 Å². The molecule has 0 heterocycles. The molecule has 1 atom stereocenters. The van der Waals surface area contributed by atoms with Crippen LogP contribution in [0.25, 0.3) is 0 Å². The molecule has 0 N–H and O–H groups in total. The monoisotopic (exact) mass is 402 g/mol. The van der Waals surface area contributed by atoms with Gasteiger partial charge in [0.2, 0.25) is 0 Å². The zero-order chi connectivity index (χ0) is 20.8. The lowest BCUT2D eigenvalue weighted by molar-refractivity contribution is 0.308. The summed E-state index contributed by atoms with van der Waals surface area (Å²) in [7, 11) is 0. The Balaban J connectivity index is 1.34. The number of unbranched alkanes of at least 4 members (excludes halogenated alkanes) is 2. The third-order valence-electron chi connectivity index (χ3n) is 7.99. The van der Waals surface area contributed by atoms with Crippen molar-refractivity contribution in [1.82, 2.24) is 0 Å². The first-order valence-electron chi connectivity index (χ1n) is 13.0. The summed E-state index contributed by atoms with van der Waals surface area (Å²) in [6.45, 7) is 4.62. The van der Waals surface area contributed by atoms with Crippen molar-refractivity contribution in [2.24, 2.45) is 5.92 Å². The summed E-state index contributed by atoms with van der Waals surface area (Å²) in [5.74, 6) is 2.52. The molecule has 0 aliphatic heterocycles. The normalized spacial score (nSPS) is 23.9. The van der Waals surface area contributed by atoms with Gasteiger partial charge in [0.1, 0.15) is 0 Å². The molecule has 0 saturated heterocycles. The Morgan fingerprint density at radius 1 is 0.700 bits per heavy atom. The van der Waals surface area contributed by atoms with Crippen LogP contribution in [0.2, 0.25) is 0 Å². The molecule has 0 radical (unpaired) electrons. The van der Waals surface area contributed by atoms with E-state index in [2.05, 4.69) is 56.3 Å². The minimum Gasteiger partial charge on any atom is -0.0654 e. The smallest absolute Gasteiger partial charge is 0.0118 e. The van der Waals surface area contributed by atoms with Crippen molar-refractivity contribution >= 4 is 0 Å². The van der Waals surface area contributed by atoms with E-state index in [0.717, 1.165) is 11.8 Å². The van der Waals surface area contributed by atoms with E-state index in [-0.39, 0.29) is 0 Å². The summed E-state index contributed by atoms with van der Waals surface area (Å²) in [5, 5.41) is 0. The second kappa shape index (κ2) is 10.7. The summed E-state index contributed by atoms with van der Waals surface area (Å²) >= 11 is 0. The molecule has 0 heteroatoms. The van der Waals surface area contributed by atoms with Crippen LogP contribution in [0.15, 0.2) is 42.5 Å². The molecule has 0 amide bonds. The number of benzene rings is 2. The van der Waals surface area contributed by atoms with Crippen molar-refractivity contribution in [2.75, 3.05) is 0 Å². The Bertz CT molecular complexity index is 776. The molecule has 1 unspecified atom stereocenters. The highest BCUT2D eigenvalue weighted by Crippen LogP contribution is 2.39. The molecule has 30 heavy (non-hydrogen) atoms. The predicted molar refractivity (Wildman–Crippen MR) is 130 cm³/mol. The first-order chi connectivity index (χ1) is 14.8. The van der Waals surface area contributed by atoms with Gasteiger partial charge in [0.25, 0.3) is 0 Å². The zero-order valence-corrected chi connectivity index (χ0v) is 19.5. The quantitative estimate of drug-likeness (QED) is 0.387. The zero-order valence-electron chi connectivity index (χ0n) is 19.5. The molecule has 0 aromatic heterocycles. The highest BCUT2D eigenvalue weighted by atomic mass is 14.3. The Morgan fingerprint density at radius 3 is 2.13 bits per heavy atom. The maximum absolute atomic E-state index is 2.51. The molecule has 1 fully saturated rings. The van der Waals surface area contributed by atoms with Crippen LogP contribution in [0.3, 0.4) is 0 Å². The molecule has 2 aromatic rings. The average molecular weight is 403 g/mol. The number of hydrogen-bond donors (Lipinski definition) is 0. The van der Waals surface area contributed by atoms with E-state index in [1.165, 1.54) is 83.5 Å². The van der Waals surface area contributed by atoms with Crippen LogP contribution in [0, 0.1) is 5.92 Å². The van der Waals surface area contributed by atoms with Crippen LogP contribution in [-0.4, -0.2) is 0 Å². The van der Waals surface area contributed by atoms with E-state index >= 15 is 0 Å². The fourth-order valence-electron chi connectivity index (χ4n) is 6.06. The fourth-order valence-corrected chi connectivity index (χ4v) is 6.06. The van der Waals surface area contributed by atoms with Crippen molar-refractivity contribution in [1.29, 1.82) is 0 Å². The Hall–Kier alpha value is -1.56. The van der Waals surface area contributed by atoms with Crippen molar-refractivity contribution in [3.8, 4) is 0 Å². The standard InChI is InChI=1S/C30H42/c1-3-5-6-8-24-11-14-30-22-29(20-19-28(30)21-24)27-17-15-26(16-18-27)25-12-9-23(7-4-2)10-13-25/h11,14-18,21,23,25,29H,3-10,12-13,19-20,22H2,1-2H3. The molecule has 2 aromatic carbocycles. The lowest BCUT2D eigenvalue weighted by Gasteiger charge is -2.29. The average Bonchev–Trinajstić information content (AvgIpc) is 2.80. The van der Waals surface area contributed by atoms with Crippen molar-refractivity contribution in [3.63, 3.8) is 0 Å². The second-order valence-electron chi connectivity index (χ2n) is 10.2. The molecular formula is C30H42.